The van der Waals surface area contributed by atoms with Crippen LogP contribution in [-0.2, 0) is 11.4 Å². The van der Waals surface area contributed by atoms with E-state index in [1.165, 1.54) is 0 Å². The summed E-state index contributed by atoms with van der Waals surface area (Å²) in [5.74, 6) is 0.686. The van der Waals surface area contributed by atoms with Crippen molar-refractivity contribution in [3.05, 3.63) is 101 Å². The quantitative estimate of drug-likeness (QED) is 0.415. The van der Waals surface area contributed by atoms with Crippen molar-refractivity contribution in [1.82, 2.24) is 5.32 Å². The third-order valence-electron chi connectivity index (χ3n) is 4.75. The number of methoxy groups -OCH3 is 1. The summed E-state index contributed by atoms with van der Waals surface area (Å²) in [4.78, 5) is 12.6. The summed E-state index contributed by atoms with van der Waals surface area (Å²) in [5, 5.41) is 12.4. The Balaban J connectivity index is 1.76. The Labute approximate surface area is 182 Å². The second kappa shape index (κ2) is 10.7. The highest BCUT2D eigenvalue weighted by atomic mass is 16.5. The maximum atomic E-state index is 12.6. The average molecular weight is 412 g/mol. The molecule has 1 amide bonds. The molecule has 0 aliphatic heterocycles. The van der Waals surface area contributed by atoms with E-state index in [0.717, 1.165) is 11.1 Å². The van der Waals surface area contributed by atoms with E-state index in [1.54, 1.807) is 31.4 Å². The molecule has 5 nitrogen and oxygen atoms in total. The summed E-state index contributed by atoms with van der Waals surface area (Å²) in [6.45, 7) is 2.26. The molecule has 1 atom stereocenters. The number of nitrogens with zero attached hydrogens (tertiary/aromatic N) is 1. The second-order valence-electron chi connectivity index (χ2n) is 6.96. The largest absolute Gasteiger partial charge is 0.493 e. The zero-order valence-corrected chi connectivity index (χ0v) is 17.5. The van der Waals surface area contributed by atoms with Crippen LogP contribution >= 0.6 is 0 Å². The van der Waals surface area contributed by atoms with Crippen LogP contribution < -0.4 is 14.8 Å². The zero-order chi connectivity index (χ0) is 22.1. The predicted molar refractivity (Wildman–Crippen MR) is 120 cm³/mol. The lowest BCUT2D eigenvalue weighted by molar-refractivity contribution is -0.117. The fraction of sp³-hybridized carbons (Fsp3) is 0.154. The molecule has 0 saturated heterocycles. The number of hydrogen-bond donors (Lipinski definition) is 1. The molecule has 1 N–H and O–H groups in total. The van der Waals surface area contributed by atoms with Gasteiger partial charge in [0, 0.05) is 0 Å². The van der Waals surface area contributed by atoms with Crippen molar-refractivity contribution in [1.29, 1.82) is 5.26 Å². The van der Waals surface area contributed by atoms with Gasteiger partial charge in [0.1, 0.15) is 18.2 Å². The van der Waals surface area contributed by atoms with Gasteiger partial charge in [-0.3, -0.25) is 4.79 Å². The van der Waals surface area contributed by atoms with Crippen molar-refractivity contribution < 1.29 is 14.3 Å². The van der Waals surface area contributed by atoms with Crippen molar-refractivity contribution in [3.63, 3.8) is 0 Å². The summed E-state index contributed by atoms with van der Waals surface area (Å²) in [7, 11) is 1.57. The molecule has 0 radical (unpaired) electrons. The molecule has 3 aromatic carbocycles. The molecule has 0 fully saturated rings. The first-order chi connectivity index (χ1) is 15.1. The number of carbonyl (C=O) groups excluding carboxylic acids is 1. The topological polar surface area (TPSA) is 71.3 Å². The molecule has 5 heteroatoms. The Morgan fingerprint density at radius 2 is 1.71 bits per heavy atom. The van der Waals surface area contributed by atoms with Gasteiger partial charge in [0.25, 0.3) is 5.91 Å². The molecule has 0 bridgehead atoms. The molecule has 31 heavy (non-hydrogen) atoms. The first kappa shape index (κ1) is 21.7. The Morgan fingerprint density at radius 3 is 2.35 bits per heavy atom. The fourth-order valence-electron chi connectivity index (χ4n) is 3.05. The monoisotopic (exact) mass is 412 g/mol. The summed E-state index contributed by atoms with van der Waals surface area (Å²) in [5.41, 5.74) is 2.68. The third-order valence-corrected chi connectivity index (χ3v) is 4.75. The maximum absolute atomic E-state index is 12.6. The van der Waals surface area contributed by atoms with Gasteiger partial charge < -0.3 is 14.8 Å². The highest BCUT2D eigenvalue weighted by Crippen LogP contribution is 2.30. The lowest BCUT2D eigenvalue weighted by atomic mass is 10.1. The number of nitrogens with one attached hydrogen (secondary N) is 1. The van der Waals surface area contributed by atoms with Crippen molar-refractivity contribution in [2.75, 3.05) is 7.11 Å². The van der Waals surface area contributed by atoms with Crippen molar-refractivity contribution >= 4 is 12.0 Å². The van der Waals surface area contributed by atoms with E-state index in [0.29, 0.717) is 23.7 Å². The van der Waals surface area contributed by atoms with Crippen molar-refractivity contribution in [2.45, 2.75) is 19.6 Å². The Hall–Kier alpha value is -4.04. The zero-order valence-electron chi connectivity index (χ0n) is 17.5. The first-order valence-corrected chi connectivity index (χ1v) is 9.93. The molecular weight excluding hydrogens is 388 g/mol. The van der Waals surface area contributed by atoms with Crippen LogP contribution in [0.1, 0.15) is 29.7 Å². The number of benzene rings is 3. The highest BCUT2D eigenvalue weighted by molar-refractivity contribution is 6.01. The maximum Gasteiger partial charge on any atom is 0.262 e. The molecule has 3 aromatic rings. The smallest absolute Gasteiger partial charge is 0.262 e. The van der Waals surface area contributed by atoms with Crippen LogP contribution in [0.25, 0.3) is 6.08 Å². The van der Waals surface area contributed by atoms with E-state index < -0.39 is 5.91 Å². The number of nitriles is 1. The van der Waals surface area contributed by atoms with Gasteiger partial charge in [0.2, 0.25) is 0 Å². The minimum Gasteiger partial charge on any atom is -0.493 e. The fourth-order valence-corrected chi connectivity index (χ4v) is 3.05. The van der Waals surface area contributed by atoms with Gasteiger partial charge in [-0.2, -0.15) is 5.26 Å². The highest BCUT2D eigenvalue weighted by Gasteiger charge is 2.14. The van der Waals surface area contributed by atoms with Crippen LogP contribution in [0.15, 0.2) is 84.4 Å². The summed E-state index contributed by atoms with van der Waals surface area (Å²) >= 11 is 0. The first-order valence-electron chi connectivity index (χ1n) is 9.93. The Morgan fingerprint density at radius 1 is 1.03 bits per heavy atom. The van der Waals surface area contributed by atoms with Gasteiger partial charge in [0.05, 0.1) is 13.2 Å². The van der Waals surface area contributed by atoms with Crippen LogP contribution in [0, 0.1) is 11.3 Å². The van der Waals surface area contributed by atoms with Crippen molar-refractivity contribution in [3.8, 4) is 17.6 Å². The number of ether oxygens (including phenoxy) is 2. The molecule has 3 rings (SSSR count). The molecule has 0 aliphatic rings. The molecule has 0 heterocycles. The van der Waals surface area contributed by atoms with E-state index in [4.69, 9.17) is 9.47 Å². The normalized spacial score (nSPS) is 11.8. The van der Waals surface area contributed by atoms with Gasteiger partial charge in [0.15, 0.2) is 11.5 Å². The molecule has 0 saturated carbocycles. The average Bonchev–Trinajstić information content (AvgIpc) is 2.82. The van der Waals surface area contributed by atoms with Crippen LogP contribution in [0.3, 0.4) is 0 Å². The number of rotatable bonds is 8. The summed E-state index contributed by atoms with van der Waals surface area (Å²) < 4.78 is 11.3. The van der Waals surface area contributed by atoms with E-state index in [-0.39, 0.29) is 11.6 Å². The number of amides is 1. The van der Waals surface area contributed by atoms with E-state index in [2.05, 4.69) is 5.32 Å². The minimum absolute atomic E-state index is 0.0157. The molecule has 1 unspecified atom stereocenters. The predicted octanol–water partition coefficient (Wildman–Crippen LogP) is 5.06. The van der Waals surface area contributed by atoms with Gasteiger partial charge in [-0.05, 0) is 41.8 Å². The van der Waals surface area contributed by atoms with Crippen LogP contribution in [-0.4, -0.2) is 13.0 Å². The van der Waals surface area contributed by atoms with Crippen molar-refractivity contribution in [2.24, 2.45) is 0 Å². The van der Waals surface area contributed by atoms with Gasteiger partial charge >= 0.3 is 0 Å². The minimum atomic E-state index is -0.429. The molecule has 156 valence electrons. The molecule has 0 spiro atoms. The Kier molecular flexibility index (Phi) is 7.45. The van der Waals surface area contributed by atoms with Gasteiger partial charge in [-0.1, -0.05) is 66.7 Å². The Bertz CT molecular complexity index is 1090. The lowest BCUT2D eigenvalue weighted by Gasteiger charge is -2.14. The van der Waals surface area contributed by atoms with Gasteiger partial charge in [-0.15, -0.1) is 0 Å². The van der Waals surface area contributed by atoms with Crippen LogP contribution in [0.4, 0.5) is 0 Å². The lowest BCUT2D eigenvalue weighted by Crippen LogP contribution is -2.27. The molecule has 0 aliphatic carbocycles. The summed E-state index contributed by atoms with van der Waals surface area (Å²) in [6.07, 6.45) is 1.54. The number of carbonyl (C=O) groups is 1. The van der Waals surface area contributed by atoms with Gasteiger partial charge in [-0.25, -0.2) is 0 Å². The summed E-state index contributed by atoms with van der Waals surface area (Å²) in [6, 6.07) is 26.5. The second-order valence-corrected chi connectivity index (χ2v) is 6.96. The molecular formula is C26H24N2O3. The molecule has 0 aromatic heterocycles. The third kappa shape index (κ3) is 5.97. The van der Waals surface area contributed by atoms with Crippen LogP contribution in [0.5, 0.6) is 11.5 Å². The SMILES string of the molecule is COc1ccc(/C=C(\C#N)C(=O)NC(C)c2ccccc2)cc1OCc1ccccc1. The van der Waals surface area contributed by atoms with E-state index in [9.17, 15) is 10.1 Å². The van der Waals surface area contributed by atoms with E-state index >= 15 is 0 Å². The number of hydrogen-bond acceptors (Lipinski definition) is 4. The standard InChI is InChI=1S/C26H24N2O3/c1-19(22-11-7-4-8-12-22)28-26(29)23(17-27)15-21-13-14-24(30-2)25(16-21)31-18-20-9-5-3-6-10-20/h3-16,19H,18H2,1-2H3,(H,28,29)/b23-15+. The van der Waals surface area contributed by atoms with E-state index in [1.807, 2.05) is 73.7 Å². The van der Waals surface area contributed by atoms with Crippen LogP contribution in [0.2, 0.25) is 0 Å².